The molecule has 1 atom stereocenters. The van der Waals surface area contributed by atoms with E-state index >= 15 is 0 Å². The lowest BCUT2D eigenvalue weighted by Crippen LogP contribution is -2.40. The molecule has 0 bridgehead atoms. The van der Waals surface area contributed by atoms with Gasteiger partial charge in [0, 0.05) is 49.2 Å². The molecular formula is C24H28N4O2S. The number of amides is 1. The number of aromatic nitrogens is 2. The van der Waals surface area contributed by atoms with Crippen molar-refractivity contribution >= 4 is 28.0 Å². The van der Waals surface area contributed by atoms with Gasteiger partial charge in [-0.05, 0) is 38.6 Å². The molecule has 0 N–H and O–H groups in total. The highest BCUT2D eigenvalue weighted by Gasteiger charge is 2.30. The number of hydrogen-bond acceptors (Lipinski definition) is 5. The molecule has 0 aliphatic carbocycles. The fraction of sp³-hybridized carbons (Fsp3) is 0.458. The highest BCUT2D eigenvalue weighted by Crippen LogP contribution is 2.26. The molecule has 31 heavy (non-hydrogen) atoms. The second kappa shape index (κ2) is 8.93. The Hall–Kier alpha value is -2.51. The van der Waals surface area contributed by atoms with E-state index in [4.69, 9.17) is 4.98 Å². The number of thiazole rings is 1. The molecule has 162 valence electrons. The van der Waals surface area contributed by atoms with Gasteiger partial charge in [0.25, 0.3) is 5.91 Å². The first-order valence-electron chi connectivity index (χ1n) is 11.3. The molecular weight excluding hydrogens is 408 g/mol. The number of rotatable bonds is 5. The summed E-state index contributed by atoms with van der Waals surface area (Å²) in [5.41, 5.74) is 2.34. The van der Waals surface area contributed by atoms with Gasteiger partial charge in [-0.2, -0.15) is 0 Å². The number of benzene rings is 1. The number of carbonyl (C=O) groups excluding carboxylic acids is 2. The van der Waals surface area contributed by atoms with E-state index < -0.39 is 0 Å². The van der Waals surface area contributed by atoms with Crippen LogP contribution in [0.2, 0.25) is 0 Å². The topological polar surface area (TPSA) is 57.9 Å². The molecule has 3 aromatic rings. The predicted octanol–water partition coefficient (Wildman–Crippen LogP) is 4.12. The monoisotopic (exact) mass is 436 g/mol. The number of hydrogen-bond donors (Lipinski definition) is 0. The zero-order valence-corrected chi connectivity index (χ0v) is 18.5. The van der Waals surface area contributed by atoms with Crippen molar-refractivity contribution in [2.75, 3.05) is 26.2 Å². The molecule has 0 saturated carbocycles. The van der Waals surface area contributed by atoms with Crippen LogP contribution >= 0.6 is 11.3 Å². The summed E-state index contributed by atoms with van der Waals surface area (Å²) in [6.07, 6.45) is 7.25. The van der Waals surface area contributed by atoms with Crippen LogP contribution < -0.4 is 0 Å². The van der Waals surface area contributed by atoms with Crippen LogP contribution in [0.3, 0.4) is 0 Å². The molecule has 1 aromatic carbocycles. The Morgan fingerprint density at radius 3 is 2.65 bits per heavy atom. The summed E-state index contributed by atoms with van der Waals surface area (Å²) >= 11 is 1.56. The molecule has 2 aromatic heterocycles. The molecule has 7 heteroatoms. The van der Waals surface area contributed by atoms with Gasteiger partial charge in [0.15, 0.2) is 16.4 Å². The molecule has 2 saturated heterocycles. The summed E-state index contributed by atoms with van der Waals surface area (Å²) in [6.45, 7) is 3.95. The number of Topliss-reactive ketones (excluding diaryl/α,β-unsaturated/α-hetero) is 1. The van der Waals surface area contributed by atoms with Crippen LogP contribution in [0.1, 0.15) is 58.6 Å². The number of likely N-dealkylation sites (tertiary alicyclic amines) is 2. The van der Waals surface area contributed by atoms with E-state index in [9.17, 15) is 9.59 Å². The maximum absolute atomic E-state index is 13.3. The number of imidazole rings is 1. The van der Waals surface area contributed by atoms with E-state index in [-0.39, 0.29) is 17.6 Å². The first-order valence-corrected chi connectivity index (χ1v) is 12.1. The van der Waals surface area contributed by atoms with Crippen LogP contribution in [0.15, 0.2) is 41.9 Å². The zero-order valence-electron chi connectivity index (χ0n) is 17.7. The van der Waals surface area contributed by atoms with Crippen LogP contribution in [0.5, 0.6) is 0 Å². The number of nitrogens with zero attached hydrogens (tertiary/aromatic N) is 4. The lowest BCUT2D eigenvalue weighted by atomic mass is 9.90. The van der Waals surface area contributed by atoms with Crippen LogP contribution in [-0.2, 0) is 6.54 Å². The molecule has 5 rings (SSSR count). The van der Waals surface area contributed by atoms with Crippen LogP contribution in [0, 0.1) is 5.92 Å². The van der Waals surface area contributed by atoms with Crippen molar-refractivity contribution < 1.29 is 9.59 Å². The number of fused-ring (bicyclic) bond motifs is 1. The third kappa shape index (κ3) is 4.16. The minimum Gasteiger partial charge on any atom is -0.337 e. The summed E-state index contributed by atoms with van der Waals surface area (Å²) in [7, 11) is 0. The highest BCUT2D eigenvalue weighted by molar-refractivity contribution is 7.15. The molecule has 0 unspecified atom stereocenters. The number of carbonyl (C=O) groups is 2. The summed E-state index contributed by atoms with van der Waals surface area (Å²) in [6, 6.07) is 9.60. The van der Waals surface area contributed by atoms with Gasteiger partial charge in [-0.25, -0.2) is 4.98 Å². The third-order valence-electron chi connectivity index (χ3n) is 6.51. The molecule has 1 amide bonds. The molecule has 0 radical (unpaired) electrons. The van der Waals surface area contributed by atoms with Gasteiger partial charge in [-0.1, -0.05) is 30.3 Å². The molecule has 2 fully saturated rings. The maximum atomic E-state index is 13.3. The first-order chi connectivity index (χ1) is 15.2. The van der Waals surface area contributed by atoms with Gasteiger partial charge in [-0.15, -0.1) is 11.3 Å². The molecule has 2 aliphatic heterocycles. The Labute approximate surface area is 186 Å². The quantitative estimate of drug-likeness (QED) is 0.565. The van der Waals surface area contributed by atoms with Crippen molar-refractivity contribution in [3.8, 4) is 0 Å². The summed E-state index contributed by atoms with van der Waals surface area (Å²) in [5.74, 6) is 0.284. The second-order valence-electron chi connectivity index (χ2n) is 8.62. The van der Waals surface area contributed by atoms with E-state index in [1.165, 1.54) is 6.42 Å². The molecule has 0 spiro atoms. The Kier molecular flexibility index (Phi) is 5.87. The van der Waals surface area contributed by atoms with Crippen molar-refractivity contribution in [1.29, 1.82) is 0 Å². The van der Waals surface area contributed by atoms with Crippen molar-refractivity contribution in [2.24, 2.45) is 5.92 Å². The van der Waals surface area contributed by atoms with Crippen molar-refractivity contribution in [1.82, 2.24) is 19.2 Å². The van der Waals surface area contributed by atoms with Crippen LogP contribution in [0.4, 0.5) is 0 Å². The highest BCUT2D eigenvalue weighted by atomic mass is 32.1. The smallest absolute Gasteiger partial charge is 0.274 e. The summed E-state index contributed by atoms with van der Waals surface area (Å²) in [5, 5.41) is 2.01. The Balaban J connectivity index is 1.36. The van der Waals surface area contributed by atoms with Gasteiger partial charge in [0.2, 0.25) is 0 Å². The van der Waals surface area contributed by atoms with Crippen molar-refractivity contribution in [2.45, 2.75) is 38.6 Å². The summed E-state index contributed by atoms with van der Waals surface area (Å²) < 4.78 is 2.06. The van der Waals surface area contributed by atoms with Gasteiger partial charge in [0.1, 0.15) is 0 Å². The maximum Gasteiger partial charge on any atom is 0.274 e. The Morgan fingerprint density at radius 2 is 1.84 bits per heavy atom. The number of ketones is 1. The van der Waals surface area contributed by atoms with Crippen LogP contribution in [0.25, 0.3) is 4.96 Å². The lowest BCUT2D eigenvalue weighted by molar-refractivity contribution is 0.0711. The third-order valence-corrected chi connectivity index (χ3v) is 7.27. The van der Waals surface area contributed by atoms with Gasteiger partial charge >= 0.3 is 0 Å². The standard InChI is InChI=1S/C24H28N4O2S/c29-22(18-8-3-1-4-9-18)19-10-7-11-26(16-19)17-20-21(25-24-28(20)14-15-31-24)23(30)27-12-5-2-6-13-27/h1,3-4,8-9,14-15,19H,2,5-7,10-13,16-17H2/t19-/m0/s1. The first kappa shape index (κ1) is 20.4. The fourth-order valence-corrected chi connectivity index (χ4v) is 5.60. The van der Waals surface area contributed by atoms with Gasteiger partial charge < -0.3 is 4.90 Å². The summed E-state index contributed by atoms with van der Waals surface area (Å²) in [4.78, 5) is 36.1. The average Bonchev–Trinajstić information content (AvgIpc) is 3.42. The Bertz CT molecular complexity index is 1070. The normalized spacial score (nSPS) is 20.3. The fourth-order valence-electron chi connectivity index (χ4n) is 4.86. The van der Waals surface area contributed by atoms with E-state index in [0.29, 0.717) is 12.2 Å². The van der Waals surface area contributed by atoms with Crippen molar-refractivity contribution in [3.63, 3.8) is 0 Å². The molecule has 4 heterocycles. The van der Waals surface area contributed by atoms with E-state index in [1.807, 2.05) is 46.8 Å². The SMILES string of the molecule is O=C(c1ccccc1)[C@H]1CCCN(Cc2c(C(=O)N3CCCCC3)nc3sccn23)C1. The zero-order chi connectivity index (χ0) is 21.2. The molecule has 6 nitrogen and oxygen atoms in total. The lowest BCUT2D eigenvalue weighted by Gasteiger charge is -2.32. The average molecular weight is 437 g/mol. The predicted molar refractivity (Wildman–Crippen MR) is 122 cm³/mol. The van der Waals surface area contributed by atoms with Gasteiger partial charge in [-0.3, -0.25) is 18.9 Å². The minimum absolute atomic E-state index is 0.00304. The van der Waals surface area contributed by atoms with Crippen LogP contribution in [-0.4, -0.2) is 57.1 Å². The second-order valence-corrected chi connectivity index (χ2v) is 9.49. The minimum atomic E-state index is 0.00304. The number of piperidine rings is 2. The van der Waals surface area contributed by atoms with E-state index in [0.717, 1.165) is 68.1 Å². The van der Waals surface area contributed by atoms with E-state index in [2.05, 4.69) is 9.30 Å². The molecule has 2 aliphatic rings. The van der Waals surface area contributed by atoms with Gasteiger partial charge in [0.05, 0.1) is 5.69 Å². The van der Waals surface area contributed by atoms with Crippen molar-refractivity contribution in [3.05, 3.63) is 58.9 Å². The largest absolute Gasteiger partial charge is 0.337 e. The van der Waals surface area contributed by atoms with E-state index in [1.54, 1.807) is 11.3 Å². The Morgan fingerprint density at radius 1 is 1.03 bits per heavy atom.